The number of anilines is 2. The smallest absolute Gasteiger partial charge is 0.267 e. The zero-order valence-corrected chi connectivity index (χ0v) is 15.1. The number of para-hydroxylation sites is 1. The van der Waals surface area contributed by atoms with E-state index in [9.17, 15) is 10.1 Å². The van der Waals surface area contributed by atoms with Crippen LogP contribution in [0.15, 0.2) is 54.2 Å². The largest absolute Gasteiger partial charge is 0.360 e. The summed E-state index contributed by atoms with van der Waals surface area (Å²) in [6.45, 7) is 8.13. The second kappa shape index (κ2) is 8.16. The van der Waals surface area contributed by atoms with E-state index in [4.69, 9.17) is 0 Å². The molecule has 2 aromatic carbocycles. The van der Waals surface area contributed by atoms with E-state index < -0.39 is 5.91 Å². The Labute approximate surface area is 149 Å². The number of rotatable bonds is 5. The first-order valence-electron chi connectivity index (χ1n) is 8.26. The van der Waals surface area contributed by atoms with Crippen molar-refractivity contribution in [3.63, 3.8) is 0 Å². The summed E-state index contributed by atoms with van der Waals surface area (Å²) in [5.41, 5.74) is 4.87. The minimum Gasteiger partial charge on any atom is -0.360 e. The molecule has 2 rings (SSSR count). The standard InChI is InChI=1S/C21H23N3O/c1-14(2)19-7-5-6-8-20(19)24-21(25)17(12-22)13-23-18-10-15(3)9-16(4)11-18/h5-11,13-14,23H,1-4H3,(H,24,25)/b17-13-. The fourth-order valence-electron chi connectivity index (χ4n) is 2.67. The summed E-state index contributed by atoms with van der Waals surface area (Å²) in [6, 6.07) is 15.6. The topological polar surface area (TPSA) is 64.9 Å². The lowest BCUT2D eigenvalue weighted by Gasteiger charge is -2.13. The summed E-state index contributed by atoms with van der Waals surface area (Å²) >= 11 is 0. The molecular formula is C21H23N3O. The molecule has 1 amide bonds. The Morgan fingerprint density at radius 1 is 1.12 bits per heavy atom. The summed E-state index contributed by atoms with van der Waals surface area (Å²) in [4.78, 5) is 12.4. The zero-order chi connectivity index (χ0) is 18.4. The van der Waals surface area contributed by atoms with Gasteiger partial charge in [-0.3, -0.25) is 4.79 Å². The number of benzene rings is 2. The van der Waals surface area contributed by atoms with E-state index in [0.717, 1.165) is 28.1 Å². The van der Waals surface area contributed by atoms with Gasteiger partial charge < -0.3 is 10.6 Å². The van der Waals surface area contributed by atoms with Gasteiger partial charge in [0, 0.05) is 17.6 Å². The van der Waals surface area contributed by atoms with Gasteiger partial charge in [-0.1, -0.05) is 38.1 Å². The molecule has 4 heteroatoms. The van der Waals surface area contributed by atoms with Crippen LogP contribution < -0.4 is 10.6 Å². The van der Waals surface area contributed by atoms with Crippen LogP contribution in [0.3, 0.4) is 0 Å². The maximum Gasteiger partial charge on any atom is 0.267 e. The molecular weight excluding hydrogens is 310 g/mol. The van der Waals surface area contributed by atoms with Gasteiger partial charge in [0.25, 0.3) is 5.91 Å². The molecule has 0 fully saturated rings. The van der Waals surface area contributed by atoms with Crippen molar-refractivity contribution < 1.29 is 4.79 Å². The van der Waals surface area contributed by atoms with Crippen LogP contribution in [0, 0.1) is 25.2 Å². The summed E-state index contributed by atoms with van der Waals surface area (Å²) in [5, 5.41) is 15.2. The van der Waals surface area contributed by atoms with Crippen LogP contribution in [-0.4, -0.2) is 5.91 Å². The minimum absolute atomic E-state index is 0.0257. The first-order valence-corrected chi connectivity index (χ1v) is 8.26. The molecule has 128 valence electrons. The van der Waals surface area contributed by atoms with Crippen LogP contribution in [0.25, 0.3) is 0 Å². The van der Waals surface area contributed by atoms with Gasteiger partial charge >= 0.3 is 0 Å². The van der Waals surface area contributed by atoms with E-state index in [1.54, 1.807) is 0 Å². The Morgan fingerprint density at radius 3 is 2.36 bits per heavy atom. The highest BCUT2D eigenvalue weighted by atomic mass is 16.1. The summed E-state index contributed by atoms with van der Waals surface area (Å²) in [6.07, 6.45) is 1.45. The molecule has 0 bridgehead atoms. The minimum atomic E-state index is -0.424. The van der Waals surface area contributed by atoms with Gasteiger partial charge in [-0.15, -0.1) is 0 Å². The van der Waals surface area contributed by atoms with Gasteiger partial charge in [-0.05, 0) is 54.7 Å². The molecule has 0 heterocycles. The van der Waals surface area contributed by atoms with Gasteiger partial charge in [-0.2, -0.15) is 5.26 Å². The van der Waals surface area contributed by atoms with Crippen molar-refractivity contribution in [1.29, 1.82) is 5.26 Å². The second-order valence-corrected chi connectivity index (χ2v) is 6.39. The molecule has 0 saturated heterocycles. The molecule has 0 unspecified atom stereocenters. The van der Waals surface area contributed by atoms with E-state index in [1.807, 2.05) is 56.3 Å². The Morgan fingerprint density at radius 2 is 1.76 bits per heavy atom. The van der Waals surface area contributed by atoms with Gasteiger partial charge in [0.05, 0.1) is 0 Å². The lowest BCUT2D eigenvalue weighted by Crippen LogP contribution is -2.16. The number of nitrogens with one attached hydrogen (secondary N) is 2. The van der Waals surface area contributed by atoms with Crippen molar-refractivity contribution in [3.05, 3.63) is 70.9 Å². The van der Waals surface area contributed by atoms with E-state index in [-0.39, 0.29) is 11.5 Å². The Hall–Kier alpha value is -3.06. The first-order chi connectivity index (χ1) is 11.9. The molecule has 2 N–H and O–H groups in total. The van der Waals surface area contributed by atoms with E-state index in [0.29, 0.717) is 0 Å². The van der Waals surface area contributed by atoms with Crippen molar-refractivity contribution in [2.45, 2.75) is 33.6 Å². The molecule has 0 aliphatic heterocycles. The fraction of sp³-hybridized carbons (Fsp3) is 0.238. The van der Waals surface area contributed by atoms with Crippen molar-refractivity contribution in [2.24, 2.45) is 0 Å². The lowest BCUT2D eigenvalue weighted by atomic mass is 10.0. The molecule has 25 heavy (non-hydrogen) atoms. The summed E-state index contributed by atoms with van der Waals surface area (Å²) in [5.74, 6) is -0.146. The maximum absolute atomic E-state index is 12.4. The molecule has 2 aromatic rings. The van der Waals surface area contributed by atoms with Crippen LogP contribution in [-0.2, 0) is 4.79 Å². The SMILES string of the molecule is Cc1cc(C)cc(N/C=C(/C#N)C(=O)Nc2ccccc2C(C)C)c1. The van der Waals surface area contributed by atoms with Crippen molar-refractivity contribution in [3.8, 4) is 6.07 Å². The highest BCUT2D eigenvalue weighted by Gasteiger charge is 2.13. The molecule has 0 aromatic heterocycles. The van der Waals surface area contributed by atoms with Gasteiger partial charge in [-0.25, -0.2) is 0 Å². The number of amides is 1. The lowest BCUT2D eigenvalue weighted by molar-refractivity contribution is -0.112. The number of carbonyl (C=O) groups excluding carboxylic acids is 1. The monoisotopic (exact) mass is 333 g/mol. The predicted molar refractivity (Wildman–Crippen MR) is 102 cm³/mol. The van der Waals surface area contributed by atoms with Crippen LogP contribution in [0.2, 0.25) is 0 Å². The third kappa shape index (κ3) is 4.95. The number of aryl methyl sites for hydroxylation is 2. The normalized spacial score (nSPS) is 11.1. The number of nitriles is 1. The van der Waals surface area contributed by atoms with E-state index in [1.165, 1.54) is 6.20 Å². The van der Waals surface area contributed by atoms with Crippen LogP contribution in [0.4, 0.5) is 11.4 Å². The number of hydrogen-bond acceptors (Lipinski definition) is 3. The van der Waals surface area contributed by atoms with Crippen LogP contribution in [0.5, 0.6) is 0 Å². The molecule has 4 nitrogen and oxygen atoms in total. The van der Waals surface area contributed by atoms with Crippen molar-refractivity contribution in [2.75, 3.05) is 10.6 Å². The highest BCUT2D eigenvalue weighted by molar-refractivity contribution is 6.07. The average molecular weight is 333 g/mol. The first kappa shape index (κ1) is 18.3. The van der Waals surface area contributed by atoms with Crippen molar-refractivity contribution in [1.82, 2.24) is 0 Å². The molecule has 0 atom stereocenters. The number of carbonyl (C=O) groups is 1. The van der Waals surface area contributed by atoms with E-state index in [2.05, 4.69) is 30.5 Å². The maximum atomic E-state index is 12.4. The van der Waals surface area contributed by atoms with E-state index >= 15 is 0 Å². The quantitative estimate of drug-likeness (QED) is 0.605. The van der Waals surface area contributed by atoms with Gasteiger partial charge in [0.1, 0.15) is 11.6 Å². The van der Waals surface area contributed by atoms with Crippen molar-refractivity contribution >= 4 is 17.3 Å². The average Bonchev–Trinajstić information content (AvgIpc) is 2.54. The molecule has 0 aliphatic rings. The molecule has 0 spiro atoms. The molecule has 0 aliphatic carbocycles. The summed E-state index contributed by atoms with van der Waals surface area (Å²) < 4.78 is 0. The van der Waals surface area contributed by atoms with Gasteiger partial charge in [0.15, 0.2) is 0 Å². The highest BCUT2D eigenvalue weighted by Crippen LogP contribution is 2.24. The Kier molecular flexibility index (Phi) is 5.97. The van der Waals surface area contributed by atoms with Crippen LogP contribution in [0.1, 0.15) is 36.5 Å². The predicted octanol–water partition coefficient (Wildman–Crippen LogP) is 4.88. The van der Waals surface area contributed by atoms with Gasteiger partial charge in [0.2, 0.25) is 0 Å². The zero-order valence-electron chi connectivity index (χ0n) is 15.1. The molecule has 0 radical (unpaired) electrons. The third-order valence-electron chi connectivity index (χ3n) is 3.80. The number of hydrogen-bond donors (Lipinski definition) is 2. The third-order valence-corrected chi connectivity index (χ3v) is 3.80. The second-order valence-electron chi connectivity index (χ2n) is 6.39. The fourth-order valence-corrected chi connectivity index (χ4v) is 2.67. The number of nitrogens with zero attached hydrogens (tertiary/aromatic N) is 1. The molecule has 0 saturated carbocycles. The Bertz CT molecular complexity index is 824. The Balaban J connectivity index is 2.17. The summed E-state index contributed by atoms with van der Waals surface area (Å²) in [7, 11) is 0. The van der Waals surface area contributed by atoms with Crippen LogP contribution >= 0.6 is 0 Å².